The summed E-state index contributed by atoms with van der Waals surface area (Å²) in [6.07, 6.45) is -0.161. The molecule has 1 aromatic carbocycles. The minimum atomic E-state index is -0.503. The molecule has 2 heterocycles. The van der Waals surface area contributed by atoms with Crippen LogP contribution in [0, 0.1) is 0 Å². The van der Waals surface area contributed by atoms with E-state index in [4.69, 9.17) is 4.74 Å². The molecule has 0 saturated heterocycles. The Hall–Kier alpha value is -2.34. The molecule has 2 N–H and O–H groups in total. The molecule has 3 rings (SSSR count). The number of anilines is 2. The third-order valence-corrected chi connectivity index (χ3v) is 3.99. The van der Waals surface area contributed by atoms with E-state index >= 15 is 0 Å². The maximum Gasteiger partial charge on any atom is 0.265 e. The first kappa shape index (κ1) is 13.6. The molecule has 1 aromatic heterocycles. The van der Waals surface area contributed by atoms with Gasteiger partial charge in [0.1, 0.15) is 5.75 Å². The van der Waals surface area contributed by atoms with Gasteiger partial charge >= 0.3 is 0 Å². The zero-order valence-corrected chi connectivity index (χ0v) is 12.2. The maximum absolute atomic E-state index is 11.9. The molecule has 0 unspecified atom stereocenters. The van der Waals surface area contributed by atoms with E-state index in [9.17, 15) is 9.59 Å². The molecule has 1 atom stereocenters. The fourth-order valence-electron chi connectivity index (χ4n) is 2.06. The largest absolute Gasteiger partial charge is 0.479 e. The second-order valence-corrected chi connectivity index (χ2v) is 5.80. The lowest BCUT2D eigenvalue weighted by molar-refractivity contribution is -0.122. The van der Waals surface area contributed by atoms with Crippen molar-refractivity contribution >= 4 is 34.5 Å². The second kappa shape index (κ2) is 5.57. The Morgan fingerprint density at radius 3 is 3.05 bits per heavy atom. The predicted octanol–water partition coefficient (Wildman–Crippen LogP) is 2.65. The molecular weight excluding hydrogens is 288 g/mol. The molecule has 0 fully saturated rings. The summed E-state index contributed by atoms with van der Waals surface area (Å²) in [6, 6.07) is 9.04. The summed E-state index contributed by atoms with van der Waals surface area (Å²) >= 11 is 1.55. The minimum Gasteiger partial charge on any atom is -0.479 e. The molecule has 1 aliphatic rings. The van der Waals surface area contributed by atoms with Crippen molar-refractivity contribution in [2.45, 2.75) is 19.4 Å². The summed E-state index contributed by atoms with van der Waals surface area (Å²) in [7, 11) is 0. The number of hydrogen-bond donors (Lipinski definition) is 2. The van der Waals surface area contributed by atoms with Crippen molar-refractivity contribution in [1.82, 2.24) is 0 Å². The number of ether oxygens (including phenoxy) is 1. The number of hydrogen-bond acceptors (Lipinski definition) is 4. The van der Waals surface area contributed by atoms with Crippen molar-refractivity contribution in [3.8, 4) is 5.75 Å². The number of amides is 2. The zero-order chi connectivity index (χ0) is 14.8. The van der Waals surface area contributed by atoms with Crippen molar-refractivity contribution in [3.05, 3.63) is 40.6 Å². The number of fused-ring (bicyclic) bond motifs is 1. The lowest BCUT2D eigenvalue weighted by atomic mass is 10.2. The number of thiophene rings is 1. The van der Waals surface area contributed by atoms with E-state index in [0.717, 1.165) is 4.88 Å². The van der Waals surface area contributed by atoms with Crippen LogP contribution in [0.15, 0.2) is 35.7 Å². The maximum atomic E-state index is 11.9. The van der Waals surface area contributed by atoms with Crippen molar-refractivity contribution in [2.75, 3.05) is 10.6 Å². The average molecular weight is 302 g/mol. The lowest BCUT2D eigenvalue weighted by Crippen LogP contribution is -2.34. The first-order valence-electron chi connectivity index (χ1n) is 6.55. The highest BCUT2D eigenvalue weighted by Gasteiger charge is 2.23. The lowest BCUT2D eigenvalue weighted by Gasteiger charge is -2.23. The Morgan fingerprint density at radius 1 is 1.43 bits per heavy atom. The smallest absolute Gasteiger partial charge is 0.265 e. The fourth-order valence-corrected chi connectivity index (χ4v) is 2.77. The van der Waals surface area contributed by atoms with Crippen LogP contribution in [0.3, 0.4) is 0 Å². The van der Waals surface area contributed by atoms with Crippen LogP contribution in [0.2, 0.25) is 0 Å². The van der Waals surface area contributed by atoms with Crippen LogP contribution in [0.5, 0.6) is 5.75 Å². The Labute approximate surface area is 125 Å². The molecule has 108 valence electrons. The Balaban J connectivity index is 1.71. The van der Waals surface area contributed by atoms with Gasteiger partial charge in [0.2, 0.25) is 5.91 Å². The third-order valence-electron chi connectivity index (χ3n) is 3.11. The third kappa shape index (κ3) is 3.05. The SMILES string of the molecule is C[C@@H]1Oc2ccc(NC(=O)Cc3cccs3)cc2NC1=O. The van der Waals surface area contributed by atoms with Gasteiger partial charge in [-0.3, -0.25) is 9.59 Å². The normalized spacial score (nSPS) is 16.6. The topological polar surface area (TPSA) is 67.4 Å². The van der Waals surface area contributed by atoms with E-state index in [0.29, 0.717) is 23.5 Å². The van der Waals surface area contributed by atoms with Crippen LogP contribution < -0.4 is 15.4 Å². The molecule has 2 amide bonds. The van der Waals surface area contributed by atoms with E-state index in [-0.39, 0.29) is 11.8 Å². The molecule has 5 nitrogen and oxygen atoms in total. The van der Waals surface area contributed by atoms with Crippen LogP contribution in [0.1, 0.15) is 11.8 Å². The number of carbonyl (C=O) groups excluding carboxylic acids is 2. The summed E-state index contributed by atoms with van der Waals surface area (Å²) in [5, 5.41) is 7.51. The van der Waals surface area contributed by atoms with Gasteiger partial charge in [0, 0.05) is 10.6 Å². The van der Waals surface area contributed by atoms with E-state index in [1.54, 1.807) is 36.5 Å². The number of nitrogens with one attached hydrogen (secondary N) is 2. The summed E-state index contributed by atoms with van der Waals surface area (Å²) < 4.78 is 5.47. The molecule has 0 radical (unpaired) electrons. The summed E-state index contributed by atoms with van der Waals surface area (Å²) in [6.45, 7) is 1.69. The highest BCUT2D eigenvalue weighted by atomic mass is 32.1. The monoisotopic (exact) mass is 302 g/mol. The van der Waals surface area contributed by atoms with E-state index in [1.165, 1.54) is 0 Å². The van der Waals surface area contributed by atoms with Crippen LogP contribution in [0.4, 0.5) is 11.4 Å². The molecule has 0 bridgehead atoms. The van der Waals surface area contributed by atoms with Crippen molar-refractivity contribution in [1.29, 1.82) is 0 Å². The van der Waals surface area contributed by atoms with Gasteiger partial charge in [0.15, 0.2) is 6.10 Å². The van der Waals surface area contributed by atoms with Crippen LogP contribution in [0.25, 0.3) is 0 Å². The zero-order valence-electron chi connectivity index (χ0n) is 11.4. The summed E-state index contributed by atoms with van der Waals surface area (Å²) in [4.78, 5) is 24.5. The average Bonchev–Trinajstić information content (AvgIpc) is 2.93. The Bertz CT molecular complexity index is 682. The number of rotatable bonds is 3. The molecule has 0 saturated carbocycles. The van der Waals surface area contributed by atoms with Gasteiger partial charge in [0.25, 0.3) is 5.91 Å². The van der Waals surface area contributed by atoms with Gasteiger partial charge in [-0.05, 0) is 36.6 Å². The number of benzene rings is 1. The van der Waals surface area contributed by atoms with Crippen molar-refractivity contribution in [3.63, 3.8) is 0 Å². The first-order valence-corrected chi connectivity index (χ1v) is 7.43. The molecule has 1 aliphatic heterocycles. The summed E-state index contributed by atoms with van der Waals surface area (Å²) in [5.74, 6) is 0.330. The molecule has 6 heteroatoms. The summed E-state index contributed by atoms with van der Waals surface area (Å²) in [5.41, 5.74) is 1.21. The van der Waals surface area contributed by atoms with Gasteiger partial charge in [-0.15, -0.1) is 11.3 Å². The van der Waals surface area contributed by atoms with Crippen LogP contribution in [-0.4, -0.2) is 17.9 Å². The van der Waals surface area contributed by atoms with E-state index < -0.39 is 6.10 Å². The predicted molar refractivity (Wildman–Crippen MR) is 81.8 cm³/mol. The van der Waals surface area contributed by atoms with Gasteiger partial charge in [0.05, 0.1) is 12.1 Å². The van der Waals surface area contributed by atoms with Gasteiger partial charge in [-0.1, -0.05) is 6.07 Å². The molecule has 0 aliphatic carbocycles. The van der Waals surface area contributed by atoms with E-state index in [1.807, 2.05) is 17.5 Å². The Kier molecular flexibility index (Phi) is 3.62. The highest BCUT2D eigenvalue weighted by Crippen LogP contribution is 2.32. The van der Waals surface area contributed by atoms with E-state index in [2.05, 4.69) is 10.6 Å². The van der Waals surface area contributed by atoms with Crippen molar-refractivity contribution in [2.24, 2.45) is 0 Å². The second-order valence-electron chi connectivity index (χ2n) is 4.76. The standard InChI is InChI=1S/C15H14N2O3S/c1-9-15(19)17-12-7-10(4-5-13(12)20-9)16-14(18)8-11-3-2-6-21-11/h2-7,9H,8H2,1H3,(H,16,18)(H,17,19)/t9-/m0/s1. The molecule has 2 aromatic rings. The van der Waals surface area contributed by atoms with Crippen molar-refractivity contribution < 1.29 is 14.3 Å². The quantitative estimate of drug-likeness (QED) is 0.916. The van der Waals surface area contributed by atoms with Gasteiger partial charge < -0.3 is 15.4 Å². The fraction of sp³-hybridized carbons (Fsp3) is 0.200. The first-order chi connectivity index (χ1) is 10.1. The molecule has 21 heavy (non-hydrogen) atoms. The van der Waals surface area contributed by atoms with Crippen LogP contribution in [-0.2, 0) is 16.0 Å². The minimum absolute atomic E-state index is 0.0891. The van der Waals surface area contributed by atoms with Gasteiger partial charge in [-0.25, -0.2) is 0 Å². The number of carbonyl (C=O) groups is 2. The van der Waals surface area contributed by atoms with Crippen LogP contribution >= 0.6 is 11.3 Å². The molecular formula is C15H14N2O3S. The Morgan fingerprint density at radius 2 is 2.29 bits per heavy atom. The highest BCUT2D eigenvalue weighted by molar-refractivity contribution is 7.10. The molecule has 0 spiro atoms. The van der Waals surface area contributed by atoms with Gasteiger partial charge in [-0.2, -0.15) is 0 Å².